The van der Waals surface area contributed by atoms with Crippen molar-refractivity contribution >= 4 is 28.7 Å². The molecule has 11 nitrogen and oxygen atoms in total. The molecule has 1 saturated heterocycles. The summed E-state index contributed by atoms with van der Waals surface area (Å²) in [5.41, 5.74) is 0.287. The van der Waals surface area contributed by atoms with Crippen molar-refractivity contribution in [3.63, 3.8) is 0 Å². The van der Waals surface area contributed by atoms with Crippen molar-refractivity contribution in [3.05, 3.63) is 34.8 Å². The third-order valence-electron chi connectivity index (χ3n) is 4.78. The van der Waals surface area contributed by atoms with E-state index >= 15 is 0 Å². The molecule has 0 saturated carbocycles. The van der Waals surface area contributed by atoms with E-state index in [1.165, 1.54) is 11.3 Å². The molecule has 1 aromatic carbocycles. The molecule has 2 heterocycles. The Balaban J connectivity index is 1.69. The molecule has 1 fully saturated rings. The number of carbonyl (C=O) groups excluding carboxylic acids is 2. The van der Waals surface area contributed by atoms with Crippen molar-refractivity contribution in [2.24, 2.45) is 0 Å². The lowest BCUT2D eigenvalue weighted by Gasteiger charge is -2.25. The van der Waals surface area contributed by atoms with Gasteiger partial charge in [-0.2, -0.15) is 0 Å². The molecule has 12 heteroatoms. The van der Waals surface area contributed by atoms with Crippen LogP contribution in [0.25, 0.3) is 0 Å². The van der Waals surface area contributed by atoms with E-state index < -0.39 is 30.1 Å². The van der Waals surface area contributed by atoms with Gasteiger partial charge in [-0.1, -0.05) is 23.5 Å². The molecule has 1 aliphatic rings. The van der Waals surface area contributed by atoms with Gasteiger partial charge in [0.15, 0.2) is 12.2 Å². The van der Waals surface area contributed by atoms with Crippen LogP contribution in [-0.4, -0.2) is 67.1 Å². The topological polar surface area (TPSA) is 130 Å². The Labute approximate surface area is 202 Å². The van der Waals surface area contributed by atoms with Gasteiger partial charge in [-0.05, 0) is 44.9 Å². The van der Waals surface area contributed by atoms with Crippen LogP contribution in [0.15, 0.2) is 24.3 Å². The monoisotopic (exact) mass is 494 g/mol. The maximum atomic E-state index is 12.6. The largest absolute Gasteiger partial charge is 0.509 e. The van der Waals surface area contributed by atoms with Gasteiger partial charge in [-0.25, -0.2) is 9.59 Å². The molecule has 2 N–H and O–H groups in total. The fraction of sp³-hybridized carbons (Fsp3) is 0.545. The number of nitrogens with zero attached hydrogens (tertiary/aromatic N) is 2. The number of methoxy groups -OCH3 is 2. The lowest BCUT2D eigenvalue weighted by molar-refractivity contribution is -0.0503. The van der Waals surface area contributed by atoms with Gasteiger partial charge >= 0.3 is 12.2 Å². The van der Waals surface area contributed by atoms with Gasteiger partial charge in [-0.15, -0.1) is 10.2 Å². The van der Waals surface area contributed by atoms with Crippen molar-refractivity contribution in [3.8, 4) is 5.75 Å². The average Bonchev–Trinajstić information content (AvgIpc) is 3.35. The first-order valence-corrected chi connectivity index (χ1v) is 11.5. The van der Waals surface area contributed by atoms with Crippen molar-refractivity contribution in [2.75, 3.05) is 26.1 Å². The van der Waals surface area contributed by atoms with Crippen LogP contribution in [0.5, 0.6) is 5.75 Å². The fourth-order valence-corrected chi connectivity index (χ4v) is 4.05. The number of benzene rings is 1. The Morgan fingerprint density at radius 2 is 1.88 bits per heavy atom. The van der Waals surface area contributed by atoms with Crippen LogP contribution < -0.4 is 15.4 Å². The molecule has 1 amide bonds. The predicted molar refractivity (Wildman–Crippen MR) is 124 cm³/mol. The lowest BCUT2D eigenvalue weighted by Crippen LogP contribution is -2.42. The van der Waals surface area contributed by atoms with Crippen LogP contribution in [0.3, 0.4) is 0 Å². The number of amides is 1. The second-order valence-electron chi connectivity index (χ2n) is 8.62. The highest BCUT2D eigenvalue weighted by molar-refractivity contribution is 7.15. The summed E-state index contributed by atoms with van der Waals surface area (Å²) in [4.78, 5) is 24.9. The molecule has 0 aliphatic carbocycles. The fourth-order valence-electron chi connectivity index (χ4n) is 3.35. The molecule has 3 rings (SSSR count). The number of carbonyl (C=O) groups is 2. The van der Waals surface area contributed by atoms with Crippen LogP contribution in [0, 0.1) is 0 Å². The standard InChI is InChI=1S/C22H30N4O7S/c1-22(2,3)33-21(28)31-16-11-23-15(10-13-6-8-14(30-5)9-7-13)18(16)32-20(27)24-19-26-25-17(34-19)12-29-4/h6-9,15-16,18,23H,10-12H2,1-5H3,(H,24,26,27)/t15-,16?,18+/m1/s1. The van der Waals surface area contributed by atoms with Gasteiger partial charge in [0.25, 0.3) is 0 Å². The zero-order chi connectivity index (χ0) is 24.7. The van der Waals surface area contributed by atoms with Gasteiger partial charge < -0.3 is 29.0 Å². The molecule has 0 radical (unpaired) electrons. The van der Waals surface area contributed by atoms with Crippen molar-refractivity contribution in [1.82, 2.24) is 15.5 Å². The number of hydrogen-bond acceptors (Lipinski definition) is 11. The van der Waals surface area contributed by atoms with Gasteiger partial charge in [0.2, 0.25) is 5.13 Å². The third kappa shape index (κ3) is 7.54. The summed E-state index contributed by atoms with van der Waals surface area (Å²) in [7, 11) is 3.15. The van der Waals surface area contributed by atoms with Crippen LogP contribution in [0.4, 0.5) is 14.7 Å². The predicted octanol–water partition coefficient (Wildman–Crippen LogP) is 3.15. The molecule has 0 bridgehead atoms. The number of nitrogens with one attached hydrogen (secondary N) is 2. The van der Waals surface area contributed by atoms with Crippen LogP contribution in [0.1, 0.15) is 31.3 Å². The van der Waals surface area contributed by atoms with E-state index in [1.807, 2.05) is 24.3 Å². The van der Waals surface area contributed by atoms with Crippen molar-refractivity contribution in [2.45, 2.75) is 57.6 Å². The Hall–Kier alpha value is -2.96. The lowest BCUT2D eigenvalue weighted by atomic mass is 10.0. The first-order chi connectivity index (χ1) is 16.2. The highest BCUT2D eigenvalue weighted by atomic mass is 32.1. The van der Waals surface area contributed by atoms with Crippen LogP contribution in [-0.2, 0) is 32.0 Å². The summed E-state index contributed by atoms with van der Waals surface area (Å²) in [6, 6.07) is 7.27. The smallest absolute Gasteiger partial charge is 0.497 e. The molecular formula is C22H30N4O7S. The third-order valence-corrected chi connectivity index (χ3v) is 5.59. The number of hydrogen-bond donors (Lipinski definition) is 2. The van der Waals surface area contributed by atoms with E-state index in [1.54, 1.807) is 35.0 Å². The first kappa shape index (κ1) is 25.7. The Morgan fingerprint density at radius 3 is 2.53 bits per heavy atom. The van der Waals surface area contributed by atoms with Gasteiger partial charge in [0, 0.05) is 13.7 Å². The van der Waals surface area contributed by atoms with Gasteiger partial charge in [-0.3, -0.25) is 5.32 Å². The van der Waals surface area contributed by atoms with Crippen LogP contribution >= 0.6 is 11.3 Å². The van der Waals surface area contributed by atoms with Gasteiger partial charge in [0.05, 0.1) is 13.2 Å². The normalized spacial score (nSPS) is 20.0. The van der Waals surface area contributed by atoms with E-state index in [0.717, 1.165) is 11.3 Å². The molecule has 34 heavy (non-hydrogen) atoms. The zero-order valence-electron chi connectivity index (χ0n) is 19.8. The summed E-state index contributed by atoms with van der Waals surface area (Å²) >= 11 is 1.18. The second kappa shape index (κ2) is 11.4. The quantitative estimate of drug-likeness (QED) is 0.528. The highest BCUT2D eigenvalue weighted by Gasteiger charge is 2.42. The Bertz CT molecular complexity index is 961. The van der Waals surface area contributed by atoms with E-state index in [4.69, 9.17) is 23.7 Å². The number of rotatable bonds is 8. The maximum absolute atomic E-state index is 12.6. The molecule has 3 atom stereocenters. The Kier molecular flexibility index (Phi) is 8.64. The van der Waals surface area contributed by atoms with Crippen molar-refractivity contribution in [1.29, 1.82) is 0 Å². The minimum absolute atomic E-state index is 0.277. The van der Waals surface area contributed by atoms with E-state index in [2.05, 4.69) is 20.8 Å². The summed E-state index contributed by atoms with van der Waals surface area (Å²) in [5.74, 6) is 0.742. The SMILES string of the molecule is COCc1nnc(NC(=O)O[C@@H]2C(OC(=O)OC(C)(C)C)CN[C@@H]2Cc2ccc(OC)cc2)s1. The Morgan fingerprint density at radius 1 is 1.15 bits per heavy atom. The number of anilines is 1. The number of ether oxygens (including phenoxy) is 5. The number of aromatic nitrogens is 2. The summed E-state index contributed by atoms with van der Waals surface area (Å²) in [5, 5.41) is 14.6. The van der Waals surface area contributed by atoms with E-state index in [-0.39, 0.29) is 17.8 Å². The van der Waals surface area contributed by atoms with Gasteiger partial charge in [0.1, 0.15) is 23.0 Å². The molecule has 1 unspecified atom stereocenters. The van der Waals surface area contributed by atoms with Crippen LogP contribution in [0.2, 0.25) is 0 Å². The maximum Gasteiger partial charge on any atom is 0.509 e. The van der Waals surface area contributed by atoms with E-state index in [0.29, 0.717) is 18.0 Å². The molecule has 186 valence electrons. The zero-order valence-corrected chi connectivity index (χ0v) is 20.6. The molecule has 2 aromatic rings. The summed E-state index contributed by atoms with van der Waals surface area (Å²) < 4.78 is 26.7. The molecule has 1 aliphatic heterocycles. The first-order valence-electron chi connectivity index (χ1n) is 10.7. The molecular weight excluding hydrogens is 464 g/mol. The summed E-state index contributed by atoms with van der Waals surface area (Å²) in [6.07, 6.45) is -2.52. The minimum atomic E-state index is -0.827. The van der Waals surface area contributed by atoms with E-state index in [9.17, 15) is 9.59 Å². The molecule has 0 spiro atoms. The molecule has 1 aromatic heterocycles. The highest BCUT2D eigenvalue weighted by Crippen LogP contribution is 2.23. The summed E-state index contributed by atoms with van der Waals surface area (Å²) in [6.45, 7) is 5.82. The van der Waals surface area contributed by atoms with Crippen molar-refractivity contribution < 1.29 is 33.3 Å². The second-order valence-corrected chi connectivity index (χ2v) is 9.68. The minimum Gasteiger partial charge on any atom is -0.497 e. The average molecular weight is 495 g/mol.